The number of ether oxygens (including phenoxy) is 1. The molecule has 1 saturated heterocycles. The predicted molar refractivity (Wildman–Crippen MR) is 104 cm³/mol. The molecule has 2 fully saturated rings. The third-order valence-corrected chi connectivity index (χ3v) is 5.47. The van der Waals surface area contributed by atoms with Crippen molar-refractivity contribution in [2.24, 2.45) is 0 Å². The van der Waals surface area contributed by atoms with Crippen LogP contribution in [0.3, 0.4) is 0 Å². The van der Waals surface area contributed by atoms with Gasteiger partial charge in [0, 0.05) is 30.9 Å². The fraction of sp³-hybridized carbons (Fsp3) is 0.476. The lowest BCUT2D eigenvalue weighted by Crippen LogP contribution is -2.58. The molecule has 6 heteroatoms. The highest BCUT2D eigenvalue weighted by molar-refractivity contribution is 5.90. The number of carbonyl (C=O) groups excluding carboxylic acids is 1. The fourth-order valence-corrected chi connectivity index (χ4v) is 3.65. The molecule has 1 saturated carbocycles. The van der Waals surface area contributed by atoms with E-state index in [1.54, 1.807) is 13.4 Å². The number of amides is 1. The van der Waals surface area contributed by atoms with E-state index in [1.807, 2.05) is 36.4 Å². The van der Waals surface area contributed by atoms with Gasteiger partial charge in [0.25, 0.3) is 0 Å². The van der Waals surface area contributed by atoms with Crippen LogP contribution in [-0.2, 0) is 11.3 Å². The molecule has 0 bridgehead atoms. The molecule has 2 heterocycles. The van der Waals surface area contributed by atoms with Crippen LogP contribution in [0.4, 0.5) is 5.69 Å². The van der Waals surface area contributed by atoms with Gasteiger partial charge in [0.15, 0.2) is 0 Å². The Hall–Kier alpha value is -2.47. The molecule has 2 aliphatic rings. The highest BCUT2D eigenvalue weighted by Gasteiger charge is 2.43. The summed E-state index contributed by atoms with van der Waals surface area (Å²) in [6, 6.07) is 12.1. The van der Waals surface area contributed by atoms with Gasteiger partial charge >= 0.3 is 0 Å². The van der Waals surface area contributed by atoms with E-state index in [9.17, 15) is 4.79 Å². The van der Waals surface area contributed by atoms with Crippen molar-refractivity contribution in [2.45, 2.75) is 43.8 Å². The molecule has 6 nitrogen and oxygen atoms in total. The van der Waals surface area contributed by atoms with Crippen LogP contribution in [0, 0.1) is 0 Å². The van der Waals surface area contributed by atoms with E-state index in [0.717, 1.165) is 62.5 Å². The Labute approximate surface area is 159 Å². The van der Waals surface area contributed by atoms with Gasteiger partial charge in [-0.2, -0.15) is 0 Å². The van der Waals surface area contributed by atoms with Crippen LogP contribution in [0.1, 0.15) is 31.4 Å². The topological polar surface area (TPSA) is 66.7 Å². The van der Waals surface area contributed by atoms with Crippen LogP contribution in [-0.4, -0.2) is 42.6 Å². The fourth-order valence-electron chi connectivity index (χ4n) is 3.65. The van der Waals surface area contributed by atoms with Crippen LogP contribution < -0.4 is 15.4 Å². The van der Waals surface area contributed by atoms with Crippen molar-refractivity contribution >= 4 is 11.6 Å². The average Bonchev–Trinajstić information content (AvgIpc) is 3.36. The number of furan rings is 1. The predicted octanol–water partition coefficient (Wildman–Crippen LogP) is 3.01. The number of nitrogens with zero attached hydrogens (tertiary/aromatic N) is 1. The van der Waals surface area contributed by atoms with Gasteiger partial charge in [-0.05, 0) is 49.9 Å². The Morgan fingerprint density at radius 3 is 2.74 bits per heavy atom. The smallest absolute Gasteiger partial charge is 0.245 e. The molecule has 2 aromatic rings. The first-order chi connectivity index (χ1) is 13.2. The van der Waals surface area contributed by atoms with Gasteiger partial charge in [0.05, 0.1) is 19.9 Å². The largest absolute Gasteiger partial charge is 0.497 e. The van der Waals surface area contributed by atoms with E-state index in [-0.39, 0.29) is 5.91 Å². The Bertz CT molecular complexity index is 763. The molecular formula is C21H27N3O3. The van der Waals surface area contributed by atoms with Gasteiger partial charge in [-0.1, -0.05) is 6.07 Å². The van der Waals surface area contributed by atoms with Crippen LogP contribution in [0.25, 0.3) is 0 Å². The molecule has 2 N–H and O–H groups in total. The van der Waals surface area contributed by atoms with Crippen molar-refractivity contribution in [1.82, 2.24) is 10.2 Å². The summed E-state index contributed by atoms with van der Waals surface area (Å²) in [5.41, 5.74) is 0.328. The van der Waals surface area contributed by atoms with E-state index >= 15 is 0 Å². The summed E-state index contributed by atoms with van der Waals surface area (Å²) in [5.74, 6) is 1.86. The second-order valence-electron chi connectivity index (χ2n) is 7.54. The van der Waals surface area contributed by atoms with Gasteiger partial charge in [0.2, 0.25) is 5.91 Å². The highest BCUT2D eigenvalue weighted by Crippen LogP contribution is 2.31. The van der Waals surface area contributed by atoms with Gasteiger partial charge in [-0.3, -0.25) is 9.69 Å². The summed E-state index contributed by atoms with van der Waals surface area (Å²) < 4.78 is 10.8. The number of anilines is 1. The maximum Gasteiger partial charge on any atom is 0.245 e. The normalized spacial score (nSPS) is 19.4. The lowest BCUT2D eigenvalue weighted by Gasteiger charge is -2.41. The molecule has 27 heavy (non-hydrogen) atoms. The van der Waals surface area contributed by atoms with Crippen molar-refractivity contribution in [3.05, 3.63) is 48.4 Å². The van der Waals surface area contributed by atoms with Gasteiger partial charge in [0.1, 0.15) is 17.0 Å². The third-order valence-electron chi connectivity index (χ3n) is 5.47. The number of benzene rings is 1. The number of nitrogens with one attached hydrogen (secondary N) is 2. The molecule has 144 valence electrons. The van der Waals surface area contributed by atoms with Crippen molar-refractivity contribution in [2.75, 3.05) is 25.5 Å². The Kier molecular flexibility index (Phi) is 5.07. The first-order valence-electron chi connectivity index (χ1n) is 9.65. The van der Waals surface area contributed by atoms with Crippen molar-refractivity contribution < 1.29 is 13.9 Å². The van der Waals surface area contributed by atoms with E-state index in [4.69, 9.17) is 9.15 Å². The zero-order valence-electron chi connectivity index (χ0n) is 15.7. The third kappa shape index (κ3) is 4.27. The number of carbonyl (C=O) groups is 1. The Morgan fingerprint density at radius 2 is 2.07 bits per heavy atom. The van der Waals surface area contributed by atoms with E-state index in [2.05, 4.69) is 15.5 Å². The quantitative estimate of drug-likeness (QED) is 0.785. The van der Waals surface area contributed by atoms with Gasteiger partial charge in [-0.15, -0.1) is 0 Å². The van der Waals surface area contributed by atoms with Gasteiger partial charge < -0.3 is 19.8 Å². The molecule has 1 aromatic heterocycles. The monoisotopic (exact) mass is 369 g/mol. The molecule has 1 aromatic carbocycles. The Morgan fingerprint density at radius 1 is 1.26 bits per heavy atom. The summed E-state index contributed by atoms with van der Waals surface area (Å²) in [6.45, 7) is 2.47. The molecule has 0 spiro atoms. The lowest BCUT2D eigenvalue weighted by molar-refractivity contribution is -0.127. The number of rotatable bonds is 7. The summed E-state index contributed by atoms with van der Waals surface area (Å²) in [6.07, 6.45) is 5.39. The molecule has 0 unspecified atom stereocenters. The van der Waals surface area contributed by atoms with Crippen LogP contribution in [0.5, 0.6) is 5.75 Å². The average molecular weight is 369 g/mol. The maximum absolute atomic E-state index is 13.1. The number of likely N-dealkylation sites (tertiary alicyclic amines) is 1. The number of hydrogen-bond acceptors (Lipinski definition) is 5. The van der Waals surface area contributed by atoms with E-state index in [1.165, 1.54) is 0 Å². The number of methoxy groups -OCH3 is 1. The van der Waals surface area contributed by atoms with Crippen LogP contribution in [0.2, 0.25) is 0 Å². The standard InChI is InChI=1S/C21H27N3O3/c1-26-18-5-2-4-17(14-18)23-21(20(25)22-16-7-8-16)9-11-24(12-10-21)15-19-6-3-13-27-19/h2-6,13-14,16,23H,7-12,15H2,1H3,(H,22,25). The molecule has 0 radical (unpaired) electrons. The molecule has 1 aliphatic heterocycles. The van der Waals surface area contributed by atoms with Crippen LogP contribution >= 0.6 is 0 Å². The number of hydrogen-bond donors (Lipinski definition) is 2. The molecule has 1 aliphatic carbocycles. The minimum absolute atomic E-state index is 0.116. The summed E-state index contributed by atoms with van der Waals surface area (Å²) in [5, 5.41) is 6.74. The highest BCUT2D eigenvalue weighted by atomic mass is 16.5. The second-order valence-corrected chi connectivity index (χ2v) is 7.54. The van der Waals surface area contributed by atoms with Crippen molar-refractivity contribution in [3.8, 4) is 5.75 Å². The summed E-state index contributed by atoms with van der Waals surface area (Å²) in [7, 11) is 1.65. The van der Waals surface area contributed by atoms with Crippen molar-refractivity contribution in [1.29, 1.82) is 0 Å². The summed E-state index contributed by atoms with van der Waals surface area (Å²) >= 11 is 0. The molecule has 4 rings (SSSR count). The second kappa shape index (κ2) is 7.64. The van der Waals surface area contributed by atoms with E-state index in [0.29, 0.717) is 6.04 Å². The zero-order valence-corrected chi connectivity index (χ0v) is 15.7. The lowest BCUT2D eigenvalue weighted by atomic mass is 9.85. The Balaban J connectivity index is 1.47. The number of piperidine rings is 1. The SMILES string of the molecule is COc1cccc(NC2(C(=O)NC3CC3)CCN(Cc3ccco3)CC2)c1. The molecular weight excluding hydrogens is 342 g/mol. The molecule has 0 atom stereocenters. The van der Waals surface area contributed by atoms with Crippen LogP contribution in [0.15, 0.2) is 47.1 Å². The maximum atomic E-state index is 13.1. The zero-order chi connectivity index (χ0) is 18.7. The minimum atomic E-state index is -0.589. The first kappa shape index (κ1) is 17.9. The van der Waals surface area contributed by atoms with Gasteiger partial charge in [-0.25, -0.2) is 0 Å². The summed E-state index contributed by atoms with van der Waals surface area (Å²) in [4.78, 5) is 15.5. The molecule has 1 amide bonds. The van der Waals surface area contributed by atoms with Crippen molar-refractivity contribution in [3.63, 3.8) is 0 Å². The minimum Gasteiger partial charge on any atom is -0.497 e. The van der Waals surface area contributed by atoms with E-state index < -0.39 is 5.54 Å². The first-order valence-corrected chi connectivity index (χ1v) is 9.65.